The van der Waals surface area contributed by atoms with Crippen molar-refractivity contribution in [3.05, 3.63) is 0 Å². The minimum Gasteiger partial charge on any atom is -0.481 e. The smallest absolute Gasteiger partial charge is 0.315 e. The molecule has 0 bridgehead atoms. The lowest BCUT2D eigenvalue weighted by Gasteiger charge is -2.21. The van der Waals surface area contributed by atoms with Crippen molar-refractivity contribution < 1.29 is 19.5 Å². The number of urea groups is 1. The Balaban J connectivity index is 4.16. The van der Waals surface area contributed by atoms with E-state index in [2.05, 4.69) is 10.6 Å². The van der Waals surface area contributed by atoms with Crippen LogP contribution in [0.4, 0.5) is 4.79 Å². The molecule has 0 saturated carbocycles. The van der Waals surface area contributed by atoms with Crippen LogP contribution in [-0.4, -0.2) is 54.1 Å². The van der Waals surface area contributed by atoms with E-state index in [1.165, 1.54) is 4.90 Å². The van der Waals surface area contributed by atoms with Crippen molar-refractivity contribution in [3.63, 3.8) is 0 Å². The number of carboxylic acid groups (broad SMARTS) is 1. The number of carbonyl (C=O) groups is 3. The topological polar surface area (TPSA) is 98.7 Å². The number of hydrogen-bond acceptors (Lipinski definition) is 3. The molecule has 7 nitrogen and oxygen atoms in total. The molecule has 116 valence electrons. The molecule has 0 aromatic heterocycles. The summed E-state index contributed by atoms with van der Waals surface area (Å²) >= 11 is 0. The molecular weight excluding hydrogens is 262 g/mol. The number of nitrogens with one attached hydrogen (secondary N) is 2. The summed E-state index contributed by atoms with van der Waals surface area (Å²) in [5, 5.41) is 13.8. The summed E-state index contributed by atoms with van der Waals surface area (Å²) in [6.45, 7) is 6.18. The number of amides is 3. The normalized spacial score (nSPS) is 13.2. The summed E-state index contributed by atoms with van der Waals surface area (Å²) in [5.74, 6) is -1.16. The van der Waals surface area contributed by atoms with Gasteiger partial charge in [-0.1, -0.05) is 13.3 Å². The van der Waals surface area contributed by atoms with Crippen LogP contribution in [0.5, 0.6) is 0 Å². The first-order valence-corrected chi connectivity index (χ1v) is 6.82. The Morgan fingerprint density at radius 1 is 1.25 bits per heavy atom. The number of aliphatic carboxylic acids is 1. The minimum atomic E-state index is -0.882. The van der Waals surface area contributed by atoms with Gasteiger partial charge in [0.2, 0.25) is 5.91 Å². The minimum absolute atomic E-state index is 0.0177. The van der Waals surface area contributed by atoms with Crippen LogP contribution in [-0.2, 0) is 9.59 Å². The Morgan fingerprint density at radius 2 is 1.85 bits per heavy atom. The van der Waals surface area contributed by atoms with Crippen LogP contribution in [0, 0.1) is 5.92 Å². The SMILES string of the molecule is CCC(CNC(=O)NC(C)C(=O)N(C)CC)CC(=O)O. The molecule has 0 spiro atoms. The van der Waals surface area contributed by atoms with Gasteiger partial charge in [0.1, 0.15) is 6.04 Å². The number of carboxylic acids is 1. The van der Waals surface area contributed by atoms with Crippen molar-refractivity contribution in [1.29, 1.82) is 0 Å². The standard InChI is InChI=1S/C13H25N3O4/c1-5-10(7-11(17)18)8-14-13(20)15-9(3)12(19)16(4)6-2/h9-10H,5-8H2,1-4H3,(H,17,18)(H2,14,15,20). The molecule has 20 heavy (non-hydrogen) atoms. The Bertz CT molecular complexity index is 347. The molecule has 2 atom stereocenters. The van der Waals surface area contributed by atoms with Crippen LogP contribution in [0.15, 0.2) is 0 Å². The van der Waals surface area contributed by atoms with Gasteiger partial charge in [-0.3, -0.25) is 9.59 Å². The summed E-state index contributed by atoms with van der Waals surface area (Å²) in [4.78, 5) is 35.5. The zero-order chi connectivity index (χ0) is 15.7. The molecule has 0 heterocycles. The first-order valence-electron chi connectivity index (χ1n) is 6.82. The van der Waals surface area contributed by atoms with Crippen molar-refractivity contribution in [2.24, 2.45) is 5.92 Å². The molecule has 7 heteroatoms. The third kappa shape index (κ3) is 6.96. The third-order valence-corrected chi connectivity index (χ3v) is 3.16. The number of nitrogens with zero attached hydrogens (tertiary/aromatic N) is 1. The molecule has 0 saturated heterocycles. The Kier molecular flexibility index (Phi) is 8.35. The first kappa shape index (κ1) is 18.2. The molecule has 3 N–H and O–H groups in total. The molecule has 3 amide bonds. The molecule has 0 fully saturated rings. The molecule has 0 aliphatic rings. The van der Waals surface area contributed by atoms with Gasteiger partial charge in [0.25, 0.3) is 0 Å². The van der Waals surface area contributed by atoms with Crippen molar-refractivity contribution in [1.82, 2.24) is 15.5 Å². The second-order valence-corrected chi connectivity index (χ2v) is 4.80. The van der Waals surface area contributed by atoms with Gasteiger partial charge < -0.3 is 20.6 Å². The fraction of sp³-hybridized carbons (Fsp3) is 0.769. The molecule has 0 rings (SSSR count). The number of likely N-dealkylation sites (N-methyl/N-ethyl adjacent to an activating group) is 1. The van der Waals surface area contributed by atoms with Crippen LogP contribution in [0.2, 0.25) is 0 Å². The number of carbonyl (C=O) groups excluding carboxylic acids is 2. The average molecular weight is 287 g/mol. The van der Waals surface area contributed by atoms with Crippen LogP contribution >= 0.6 is 0 Å². The van der Waals surface area contributed by atoms with Crippen LogP contribution < -0.4 is 10.6 Å². The summed E-state index contributed by atoms with van der Waals surface area (Å²) < 4.78 is 0. The van der Waals surface area contributed by atoms with Crippen LogP contribution in [0.25, 0.3) is 0 Å². The summed E-state index contributed by atoms with van der Waals surface area (Å²) in [7, 11) is 1.67. The second kappa shape index (κ2) is 9.17. The van der Waals surface area contributed by atoms with Crippen molar-refractivity contribution >= 4 is 17.9 Å². The van der Waals surface area contributed by atoms with E-state index in [1.807, 2.05) is 13.8 Å². The number of rotatable bonds is 8. The largest absolute Gasteiger partial charge is 0.481 e. The Morgan fingerprint density at radius 3 is 2.30 bits per heavy atom. The van der Waals surface area contributed by atoms with Crippen LogP contribution in [0.3, 0.4) is 0 Å². The van der Waals surface area contributed by atoms with E-state index >= 15 is 0 Å². The van der Waals surface area contributed by atoms with E-state index in [1.54, 1.807) is 14.0 Å². The maximum absolute atomic E-state index is 11.8. The maximum Gasteiger partial charge on any atom is 0.315 e. The molecule has 0 radical (unpaired) electrons. The van der Waals surface area contributed by atoms with Gasteiger partial charge in [0, 0.05) is 26.6 Å². The second-order valence-electron chi connectivity index (χ2n) is 4.80. The highest BCUT2D eigenvalue weighted by molar-refractivity contribution is 5.86. The molecule has 0 aromatic rings. The highest BCUT2D eigenvalue weighted by Crippen LogP contribution is 2.06. The lowest BCUT2D eigenvalue weighted by molar-refractivity contribution is -0.138. The lowest BCUT2D eigenvalue weighted by Crippen LogP contribution is -2.49. The average Bonchev–Trinajstić information content (AvgIpc) is 2.40. The third-order valence-electron chi connectivity index (χ3n) is 3.16. The number of hydrogen-bond donors (Lipinski definition) is 3. The molecule has 0 aliphatic carbocycles. The predicted octanol–water partition coefficient (Wildman–Crippen LogP) is 0.653. The monoisotopic (exact) mass is 287 g/mol. The Hall–Kier alpha value is -1.79. The van der Waals surface area contributed by atoms with Gasteiger partial charge in [-0.05, 0) is 19.8 Å². The highest BCUT2D eigenvalue weighted by Gasteiger charge is 2.19. The van der Waals surface area contributed by atoms with Gasteiger partial charge in [-0.25, -0.2) is 4.79 Å². The van der Waals surface area contributed by atoms with Gasteiger partial charge in [0.15, 0.2) is 0 Å². The van der Waals surface area contributed by atoms with Crippen LogP contribution in [0.1, 0.15) is 33.6 Å². The predicted molar refractivity (Wildman–Crippen MR) is 75.3 cm³/mol. The van der Waals surface area contributed by atoms with E-state index in [0.29, 0.717) is 13.0 Å². The van der Waals surface area contributed by atoms with Gasteiger partial charge >= 0.3 is 12.0 Å². The van der Waals surface area contributed by atoms with Gasteiger partial charge in [0.05, 0.1) is 0 Å². The fourth-order valence-electron chi connectivity index (χ4n) is 1.64. The van der Waals surface area contributed by atoms with Gasteiger partial charge in [-0.15, -0.1) is 0 Å². The lowest BCUT2D eigenvalue weighted by atomic mass is 10.0. The molecule has 2 unspecified atom stereocenters. The van der Waals surface area contributed by atoms with Crippen molar-refractivity contribution in [2.75, 3.05) is 20.1 Å². The molecule has 0 aliphatic heterocycles. The summed E-state index contributed by atoms with van der Waals surface area (Å²) in [6, 6.07) is -1.07. The van der Waals surface area contributed by atoms with E-state index in [-0.39, 0.29) is 24.8 Å². The maximum atomic E-state index is 11.8. The van der Waals surface area contributed by atoms with Gasteiger partial charge in [-0.2, -0.15) is 0 Å². The highest BCUT2D eigenvalue weighted by atomic mass is 16.4. The quantitative estimate of drug-likeness (QED) is 0.610. The van der Waals surface area contributed by atoms with Crippen molar-refractivity contribution in [3.8, 4) is 0 Å². The fourth-order valence-corrected chi connectivity index (χ4v) is 1.64. The summed E-state index contributed by atoms with van der Waals surface area (Å²) in [6.07, 6.45) is 0.684. The Labute approximate surface area is 119 Å². The summed E-state index contributed by atoms with van der Waals surface area (Å²) in [5.41, 5.74) is 0. The zero-order valence-electron chi connectivity index (χ0n) is 12.6. The van der Waals surface area contributed by atoms with E-state index in [9.17, 15) is 14.4 Å². The molecular formula is C13H25N3O4. The van der Waals surface area contributed by atoms with E-state index in [4.69, 9.17) is 5.11 Å². The van der Waals surface area contributed by atoms with E-state index < -0.39 is 18.0 Å². The zero-order valence-corrected chi connectivity index (χ0v) is 12.6. The molecule has 0 aromatic carbocycles. The van der Waals surface area contributed by atoms with E-state index in [0.717, 1.165) is 0 Å². The first-order chi connectivity index (χ1) is 9.31. The van der Waals surface area contributed by atoms with Crippen molar-refractivity contribution in [2.45, 2.75) is 39.7 Å².